The molecule has 0 radical (unpaired) electrons. The SMILES string of the molecule is Nc1ccnc2c1ncn2[C@H]1[C@H](O)[C@H](O)[C@]2(COP(=O)(O)OP(=O)(O)O)C[C@H]12. The maximum absolute atomic E-state index is 11.7. The molecule has 7 N–H and O–H groups in total. The highest BCUT2D eigenvalue weighted by Crippen LogP contribution is 2.69. The molecule has 2 saturated carbocycles. The predicted octanol–water partition coefficient (Wildman–Crippen LogP) is -0.477. The van der Waals surface area contributed by atoms with Crippen LogP contribution in [-0.4, -0.2) is 58.2 Å². The molecule has 2 aromatic heterocycles. The first-order valence-corrected chi connectivity index (χ1v) is 11.2. The lowest BCUT2D eigenvalue weighted by molar-refractivity contribution is -0.0297. The number of phosphoric acid groups is 2. The van der Waals surface area contributed by atoms with Gasteiger partial charge >= 0.3 is 15.6 Å². The van der Waals surface area contributed by atoms with Gasteiger partial charge in [0.05, 0.1) is 30.8 Å². The zero-order valence-corrected chi connectivity index (χ0v) is 15.9. The highest BCUT2D eigenvalue weighted by Gasteiger charge is 2.72. The summed E-state index contributed by atoms with van der Waals surface area (Å²) in [5, 5.41) is 21.0. The molecule has 0 saturated heterocycles. The minimum absolute atomic E-state index is 0.341. The van der Waals surface area contributed by atoms with E-state index in [1.807, 2.05) is 0 Å². The van der Waals surface area contributed by atoms with Crippen LogP contribution in [0.5, 0.6) is 0 Å². The Balaban J connectivity index is 1.57. The summed E-state index contributed by atoms with van der Waals surface area (Å²) < 4.78 is 32.5. The monoisotopic (exact) mass is 436 g/mol. The summed E-state index contributed by atoms with van der Waals surface area (Å²) in [4.78, 5) is 35.2. The number of hydrogen-bond acceptors (Lipinski definition) is 9. The van der Waals surface area contributed by atoms with Crippen molar-refractivity contribution in [3.05, 3.63) is 18.6 Å². The zero-order chi connectivity index (χ0) is 20.5. The van der Waals surface area contributed by atoms with E-state index in [1.54, 1.807) is 10.6 Å². The number of fused-ring (bicyclic) bond motifs is 2. The number of nitrogens with zero attached hydrogens (tertiary/aromatic N) is 3. The van der Waals surface area contributed by atoms with Crippen molar-refractivity contribution in [1.29, 1.82) is 0 Å². The maximum atomic E-state index is 11.7. The van der Waals surface area contributed by atoms with Gasteiger partial charge in [-0.3, -0.25) is 4.52 Å². The van der Waals surface area contributed by atoms with Gasteiger partial charge in [-0.1, -0.05) is 0 Å². The van der Waals surface area contributed by atoms with Crippen molar-refractivity contribution in [2.24, 2.45) is 11.3 Å². The van der Waals surface area contributed by atoms with Crippen LogP contribution in [0.25, 0.3) is 11.2 Å². The number of phosphoric ester groups is 1. The van der Waals surface area contributed by atoms with E-state index in [0.29, 0.717) is 23.3 Å². The van der Waals surface area contributed by atoms with Crippen LogP contribution in [0.4, 0.5) is 5.69 Å². The number of pyridine rings is 1. The average Bonchev–Trinajstić information content (AvgIpc) is 3.06. The fourth-order valence-corrected chi connectivity index (χ4v) is 5.72. The van der Waals surface area contributed by atoms with Crippen molar-refractivity contribution in [1.82, 2.24) is 14.5 Å². The zero-order valence-electron chi connectivity index (χ0n) is 14.1. The summed E-state index contributed by atoms with van der Waals surface area (Å²) in [6, 6.07) is 0.938. The van der Waals surface area contributed by atoms with Gasteiger partial charge in [0.2, 0.25) is 0 Å². The molecule has 1 unspecified atom stereocenters. The fourth-order valence-electron chi connectivity index (χ4n) is 4.06. The van der Waals surface area contributed by atoms with E-state index < -0.39 is 45.9 Å². The van der Waals surface area contributed by atoms with Gasteiger partial charge in [0.25, 0.3) is 0 Å². The average molecular weight is 436 g/mol. The van der Waals surface area contributed by atoms with Crippen LogP contribution in [0.3, 0.4) is 0 Å². The largest absolute Gasteiger partial charge is 0.481 e. The quantitative estimate of drug-likeness (QED) is 0.317. The van der Waals surface area contributed by atoms with Crippen LogP contribution in [0.2, 0.25) is 0 Å². The molecule has 0 amide bonds. The molecule has 2 aromatic rings. The third-order valence-electron chi connectivity index (χ3n) is 5.37. The number of imidazole rings is 1. The van der Waals surface area contributed by atoms with Crippen LogP contribution >= 0.6 is 15.6 Å². The third kappa shape index (κ3) is 3.18. The number of aliphatic hydroxyl groups is 2. The van der Waals surface area contributed by atoms with Gasteiger partial charge in [-0.05, 0) is 18.4 Å². The topological polar surface area (TPSA) is 210 Å². The first-order valence-electron chi connectivity index (χ1n) is 8.12. The molecule has 13 nitrogen and oxygen atoms in total. The highest BCUT2D eigenvalue weighted by atomic mass is 31.3. The molecular weight excluding hydrogens is 418 g/mol. The van der Waals surface area contributed by atoms with E-state index >= 15 is 0 Å². The molecule has 2 fully saturated rings. The molecule has 0 bridgehead atoms. The molecule has 4 rings (SSSR count). The highest BCUT2D eigenvalue weighted by molar-refractivity contribution is 7.60. The normalized spacial score (nSPS) is 34.3. The smallest absolute Gasteiger partial charge is 0.397 e. The van der Waals surface area contributed by atoms with Crippen molar-refractivity contribution in [2.45, 2.75) is 24.7 Å². The molecule has 15 heteroatoms. The molecule has 2 aliphatic rings. The van der Waals surface area contributed by atoms with E-state index in [1.165, 1.54) is 12.5 Å². The Kier molecular flexibility index (Phi) is 4.47. The first kappa shape index (κ1) is 19.9. The number of nitrogen functional groups attached to an aromatic ring is 1. The molecule has 154 valence electrons. The van der Waals surface area contributed by atoms with Crippen molar-refractivity contribution in [2.75, 3.05) is 12.3 Å². The molecule has 0 aromatic carbocycles. The number of nitrogens with two attached hydrogens (primary N) is 1. The molecule has 2 aliphatic carbocycles. The van der Waals surface area contributed by atoms with Crippen molar-refractivity contribution < 1.29 is 42.9 Å². The molecule has 28 heavy (non-hydrogen) atoms. The maximum Gasteiger partial charge on any atom is 0.481 e. The Hall–Kier alpha value is -1.40. The molecule has 2 heterocycles. The van der Waals surface area contributed by atoms with Crippen molar-refractivity contribution >= 4 is 32.5 Å². The lowest BCUT2D eigenvalue weighted by Crippen LogP contribution is -2.35. The summed E-state index contributed by atoms with van der Waals surface area (Å²) in [6.45, 7) is -0.539. The second-order valence-corrected chi connectivity index (χ2v) is 9.84. The number of aliphatic hydroxyl groups excluding tert-OH is 2. The Bertz CT molecular complexity index is 1020. The van der Waals surface area contributed by atoms with Crippen LogP contribution in [0.1, 0.15) is 12.5 Å². The Morgan fingerprint density at radius 3 is 2.68 bits per heavy atom. The van der Waals surface area contributed by atoms with Crippen molar-refractivity contribution in [3.8, 4) is 0 Å². The van der Waals surface area contributed by atoms with Gasteiger partial charge in [-0.15, -0.1) is 0 Å². The Morgan fingerprint density at radius 1 is 1.29 bits per heavy atom. The molecular formula is C13H18N4O9P2. The van der Waals surface area contributed by atoms with Crippen LogP contribution in [0, 0.1) is 11.3 Å². The van der Waals surface area contributed by atoms with E-state index in [2.05, 4.69) is 14.3 Å². The Morgan fingerprint density at radius 2 is 2.00 bits per heavy atom. The van der Waals surface area contributed by atoms with E-state index in [9.17, 15) is 24.2 Å². The van der Waals surface area contributed by atoms with Gasteiger partial charge < -0.3 is 35.2 Å². The summed E-state index contributed by atoms with van der Waals surface area (Å²) in [5.41, 5.74) is 6.04. The summed E-state index contributed by atoms with van der Waals surface area (Å²) >= 11 is 0. The number of anilines is 1. The fraction of sp³-hybridized carbons (Fsp3) is 0.538. The Labute approximate surface area is 157 Å². The van der Waals surface area contributed by atoms with Crippen LogP contribution < -0.4 is 5.73 Å². The molecule has 6 atom stereocenters. The van der Waals surface area contributed by atoms with Crippen LogP contribution in [-0.2, 0) is 18.0 Å². The number of hydrogen-bond donors (Lipinski definition) is 6. The van der Waals surface area contributed by atoms with Gasteiger partial charge in [-0.2, -0.15) is 4.31 Å². The van der Waals surface area contributed by atoms with Crippen LogP contribution in [0.15, 0.2) is 18.6 Å². The third-order valence-corrected chi connectivity index (χ3v) is 7.50. The second-order valence-electron chi connectivity index (χ2n) is 7.01. The van der Waals surface area contributed by atoms with Gasteiger partial charge in [0, 0.05) is 11.6 Å². The summed E-state index contributed by atoms with van der Waals surface area (Å²) in [6.07, 6.45) is 0.712. The molecule has 0 aliphatic heterocycles. The summed E-state index contributed by atoms with van der Waals surface area (Å²) in [7, 11) is -10.3. The lowest BCUT2D eigenvalue weighted by Gasteiger charge is -2.24. The van der Waals surface area contributed by atoms with Gasteiger partial charge in [-0.25, -0.2) is 19.1 Å². The van der Waals surface area contributed by atoms with Crippen molar-refractivity contribution in [3.63, 3.8) is 0 Å². The standard InChI is InChI=1S/C13H18N4O9P2/c14-7-1-2-15-12-8(7)16-5-17(12)9-6-3-13(6,11(19)10(9)18)4-25-28(23,24)26-27(20,21)22/h1-2,5-6,9-11,18-19H,3-4H2,(H2,14,15)(H,23,24)(H2,20,21,22)/t6-,9-,10+,11+,13+/m1/s1. The van der Waals surface area contributed by atoms with E-state index in [0.717, 1.165) is 0 Å². The van der Waals surface area contributed by atoms with Gasteiger partial charge in [0.15, 0.2) is 5.65 Å². The van der Waals surface area contributed by atoms with E-state index in [-0.39, 0.29) is 5.92 Å². The first-order chi connectivity index (χ1) is 13.0. The minimum Gasteiger partial charge on any atom is -0.397 e. The van der Waals surface area contributed by atoms with E-state index in [4.69, 9.17) is 20.0 Å². The number of rotatable bonds is 6. The molecule has 0 spiro atoms. The summed E-state index contributed by atoms with van der Waals surface area (Å²) in [5.74, 6) is -0.354. The minimum atomic E-state index is -5.25. The second kappa shape index (κ2) is 6.30. The lowest BCUT2D eigenvalue weighted by atomic mass is 10.0. The predicted molar refractivity (Wildman–Crippen MR) is 92.4 cm³/mol. The van der Waals surface area contributed by atoms with Gasteiger partial charge in [0.1, 0.15) is 11.6 Å². The number of aromatic nitrogens is 3.